The summed E-state index contributed by atoms with van der Waals surface area (Å²) in [4.78, 5) is 56.0. The number of benzene rings is 1. The van der Waals surface area contributed by atoms with Crippen LogP contribution in [0.2, 0.25) is 0 Å². The number of rotatable bonds is 10. The summed E-state index contributed by atoms with van der Waals surface area (Å²) in [5.74, 6) is 0.917. The van der Waals surface area contributed by atoms with Crippen molar-refractivity contribution in [3.63, 3.8) is 0 Å². The molecule has 1 aromatic heterocycles. The number of hydrogen-bond donors (Lipinski definition) is 1. The Hall–Kier alpha value is -3.50. The molecule has 0 unspecified atom stereocenters. The number of hydrogen-bond acceptors (Lipinski definition) is 7. The molecular formula is C24H34N4O7. The zero-order valence-corrected chi connectivity index (χ0v) is 20.6. The van der Waals surface area contributed by atoms with Crippen LogP contribution in [-0.2, 0) is 16.1 Å². The Bertz CT molecular complexity index is 1150. The van der Waals surface area contributed by atoms with E-state index in [1.54, 1.807) is 28.9 Å². The van der Waals surface area contributed by atoms with E-state index in [1.165, 1.54) is 0 Å². The number of nitrogens with one attached hydrogen (secondary N) is 1. The maximum atomic E-state index is 13.0. The van der Waals surface area contributed by atoms with Gasteiger partial charge in [-0.25, -0.2) is 9.59 Å². The predicted molar refractivity (Wildman–Crippen MR) is 130 cm³/mol. The van der Waals surface area contributed by atoms with Crippen molar-refractivity contribution >= 4 is 22.9 Å². The fraction of sp³-hybridized carbons (Fsp3) is 0.583. The van der Waals surface area contributed by atoms with Gasteiger partial charge >= 0.3 is 11.8 Å². The van der Waals surface area contributed by atoms with Gasteiger partial charge in [0.05, 0.1) is 30.7 Å². The van der Waals surface area contributed by atoms with Crippen molar-refractivity contribution in [1.82, 2.24) is 19.4 Å². The highest BCUT2D eigenvalue weighted by molar-refractivity contribution is 5.81. The third-order valence-electron chi connectivity index (χ3n) is 5.83. The number of aromatic amines is 1. The number of nitrogens with zero attached hydrogens (tertiary/aromatic N) is 3. The summed E-state index contributed by atoms with van der Waals surface area (Å²) in [7, 11) is 0. The number of carbonyl (C=O) groups is 2. The topological polar surface area (TPSA) is 123 Å². The van der Waals surface area contributed by atoms with E-state index in [0.717, 1.165) is 4.57 Å². The van der Waals surface area contributed by atoms with Crippen LogP contribution in [0, 0.1) is 0 Å². The van der Waals surface area contributed by atoms with Crippen molar-refractivity contribution in [2.24, 2.45) is 0 Å². The molecule has 2 amide bonds. The van der Waals surface area contributed by atoms with Gasteiger partial charge in [-0.05, 0) is 39.7 Å². The largest absolute Gasteiger partial charge is 0.490 e. The molecule has 2 aromatic rings. The van der Waals surface area contributed by atoms with Crippen LogP contribution in [-0.4, -0.2) is 77.4 Å². The maximum absolute atomic E-state index is 13.0. The van der Waals surface area contributed by atoms with Crippen LogP contribution in [0.4, 0.5) is 4.79 Å². The number of amides is 2. The third-order valence-corrected chi connectivity index (χ3v) is 5.83. The number of piperazine rings is 1. The van der Waals surface area contributed by atoms with Gasteiger partial charge in [-0.15, -0.1) is 0 Å². The van der Waals surface area contributed by atoms with Gasteiger partial charge in [-0.2, -0.15) is 0 Å². The second kappa shape index (κ2) is 12.3. The van der Waals surface area contributed by atoms with Crippen LogP contribution < -0.4 is 20.7 Å². The van der Waals surface area contributed by atoms with Crippen LogP contribution in [0.25, 0.3) is 10.9 Å². The molecule has 11 heteroatoms. The summed E-state index contributed by atoms with van der Waals surface area (Å²) in [6.07, 6.45) is 0.992. The molecule has 1 aliphatic heterocycles. The van der Waals surface area contributed by atoms with E-state index in [2.05, 4.69) is 4.98 Å². The molecule has 192 valence electrons. The first-order chi connectivity index (χ1) is 16.9. The van der Waals surface area contributed by atoms with E-state index in [0.29, 0.717) is 87.7 Å². The fourth-order valence-corrected chi connectivity index (χ4v) is 4.06. The molecule has 1 aromatic carbocycles. The monoisotopic (exact) mass is 490 g/mol. The Morgan fingerprint density at radius 3 is 2.14 bits per heavy atom. The summed E-state index contributed by atoms with van der Waals surface area (Å²) >= 11 is 0. The number of carbonyl (C=O) groups excluding carboxylic acids is 2. The minimum atomic E-state index is -0.504. The summed E-state index contributed by atoms with van der Waals surface area (Å²) in [5, 5.41) is 0.340. The van der Waals surface area contributed by atoms with Crippen molar-refractivity contribution in [3.8, 4) is 11.5 Å². The van der Waals surface area contributed by atoms with Crippen molar-refractivity contribution < 1.29 is 23.8 Å². The second-order valence-corrected chi connectivity index (χ2v) is 8.12. The van der Waals surface area contributed by atoms with Crippen molar-refractivity contribution in [2.75, 3.05) is 46.0 Å². The van der Waals surface area contributed by atoms with Gasteiger partial charge in [0.2, 0.25) is 5.91 Å². The zero-order valence-electron chi connectivity index (χ0n) is 20.6. The SMILES string of the molecule is CCOC(=O)N1CCN(C(=O)CCCCn2c(=O)[nH]c3cc(OCC)c(OCC)cc3c2=O)CC1. The first-order valence-corrected chi connectivity index (χ1v) is 12.2. The zero-order chi connectivity index (χ0) is 25.4. The van der Waals surface area contributed by atoms with E-state index < -0.39 is 11.2 Å². The van der Waals surface area contributed by atoms with Gasteiger partial charge in [0.25, 0.3) is 5.56 Å². The molecule has 0 radical (unpaired) electrons. The maximum Gasteiger partial charge on any atom is 0.409 e. The van der Waals surface area contributed by atoms with Crippen molar-refractivity contribution in [1.29, 1.82) is 0 Å². The smallest absolute Gasteiger partial charge is 0.409 e. The molecule has 11 nitrogen and oxygen atoms in total. The molecule has 1 saturated heterocycles. The highest BCUT2D eigenvalue weighted by Gasteiger charge is 2.24. The van der Waals surface area contributed by atoms with Gasteiger partial charge in [0, 0.05) is 45.2 Å². The highest BCUT2D eigenvalue weighted by Crippen LogP contribution is 2.30. The standard InChI is InChI=1S/C24H34N4O7/c1-4-33-19-15-17-18(16-20(19)34-5-2)25-23(31)28(22(17)30)10-8-7-9-21(29)26-11-13-27(14-12-26)24(32)35-6-3/h15-16H,4-14H2,1-3H3,(H,25,31). The van der Waals surface area contributed by atoms with Gasteiger partial charge < -0.3 is 29.0 Å². The average Bonchev–Trinajstić information content (AvgIpc) is 2.84. The lowest BCUT2D eigenvalue weighted by Gasteiger charge is -2.34. The lowest BCUT2D eigenvalue weighted by Crippen LogP contribution is -2.50. The van der Waals surface area contributed by atoms with E-state index in [-0.39, 0.29) is 18.5 Å². The predicted octanol–water partition coefficient (Wildman–Crippen LogP) is 1.96. The molecular weight excluding hydrogens is 456 g/mol. The van der Waals surface area contributed by atoms with Crippen LogP contribution in [0.3, 0.4) is 0 Å². The molecule has 0 spiro atoms. The molecule has 3 rings (SSSR count). The molecule has 0 saturated carbocycles. The Morgan fingerprint density at radius 1 is 0.886 bits per heavy atom. The number of unbranched alkanes of at least 4 members (excludes halogenated alkanes) is 1. The van der Waals surface area contributed by atoms with Gasteiger partial charge in [0.15, 0.2) is 11.5 Å². The van der Waals surface area contributed by atoms with Crippen molar-refractivity contribution in [3.05, 3.63) is 33.0 Å². The molecule has 35 heavy (non-hydrogen) atoms. The Balaban J connectivity index is 1.59. The van der Waals surface area contributed by atoms with Gasteiger partial charge in [-0.3, -0.25) is 14.2 Å². The van der Waals surface area contributed by atoms with Crippen LogP contribution >= 0.6 is 0 Å². The summed E-state index contributed by atoms with van der Waals surface area (Å²) in [6.45, 7) is 8.62. The molecule has 1 N–H and O–H groups in total. The number of fused-ring (bicyclic) bond motifs is 1. The van der Waals surface area contributed by atoms with Gasteiger partial charge in [0.1, 0.15) is 0 Å². The van der Waals surface area contributed by atoms with E-state index in [4.69, 9.17) is 14.2 Å². The molecule has 1 aliphatic rings. The van der Waals surface area contributed by atoms with Crippen LogP contribution in [0.5, 0.6) is 11.5 Å². The average molecular weight is 491 g/mol. The normalized spacial score (nSPS) is 13.7. The van der Waals surface area contributed by atoms with Gasteiger partial charge in [-0.1, -0.05) is 0 Å². The molecule has 0 bridgehead atoms. The molecule has 0 aliphatic carbocycles. The number of ether oxygens (including phenoxy) is 3. The van der Waals surface area contributed by atoms with Crippen LogP contribution in [0.1, 0.15) is 40.0 Å². The minimum absolute atomic E-state index is 0.00177. The molecule has 1 fully saturated rings. The van der Waals surface area contributed by atoms with E-state index in [9.17, 15) is 19.2 Å². The Kier molecular flexibility index (Phi) is 9.16. The van der Waals surface area contributed by atoms with E-state index in [1.807, 2.05) is 13.8 Å². The Labute approximate surface area is 203 Å². The first-order valence-electron chi connectivity index (χ1n) is 12.2. The third kappa shape index (κ3) is 6.34. The lowest BCUT2D eigenvalue weighted by atomic mass is 10.2. The summed E-state index contributed by atoms with van der Waals surface area (Å²) in [6, 6.07) is 3.20. The lowest BCUT2D eigenvalue weighted by molar-refractivity contribution is -0.132. The quantitative estimate of drug-likeness (QED) is 0.505. The van der Waals surface area contributed by atoms with Crippen molar-refractivity contribution in [2.45, 2.75) is 46.6 Å². The second-order valence-electron chi connectivity index (χ2n) is 8.12. The molecule has 2 heterocycles. The molecule has 0 atom stereocenters. The first kappa shape index (κ1) is 26.1. The number of H-pyrrole nitrogens is 1. The summed E-state index contributed by atoms with van der Waals surface area (Å²) < 4.78 is 17.3. The van der Waals surface area contributed by atoms with Crippen LogP contribution in [0.15, 0.2) is 21.7 Å². The highest BCUT2D eigenvalue weighted by atomic mass is 16.6. The van der Waals surface area contributed by atoms with E-state index >= 15 is 0 Å². The summed E-state index contributed by atoms with van der Waals surface area (Å²) in [5.41, 5.74) is -0.523. The fourth-order valence-electron chi connectivity index (χ4n) is 4.06. The number of aromatic nitrogens is 2. The minimum Gasteiger partial charge on any atom is -0.490 e. The Morgan fingerprint density at radius 2 is 1.51 bits per heavy atom.